The fourth-order valence-corrected chi connectivity index (χ4v) is 1.58. The van der Waals surface area contributed by atoms with Crippen LogP contribution in [-0.2, 0) is 6.42 Å². The first-order chi connectivity index (χ1) is 7.20. The van der Waals surface area contributed by atoms with Gasteiger partial charge in [0.05, 0.1) is 0 Å². The second-order valence-corrected chi connectivity index (χ2v) is 3.31. The lowest BCUT2D eigenvalue weighted by Crippen LogP contribution is -2.07. The summed E-state index contributed by atoms with van der Waals surface area (Å²) in [5.41, 5.74) is 6.27. The zero-order valence-corrected chi connectivity index (χ0v) is 8.06. The van der Waals surface area contributed by atoms with Crippen LogP contribution in [0.1, 0.15) is 5.56 Å². The molecule has 3 N–H and O–H groups in total. The molecule has 0 aliphatic carbocycles. The van der Waals surface area contributed by atoms with E-state index in [-0.39, 0.29) is 5.75 Å². The van der Waals surface area contributed by atoms with Crippen LogP contribution in [0, 0.1) is 0 Å². The van der Waals surface area contributed by atoms with Crippen molar-refractivity contribution >= 4 is 11.0 Å². The van der Waals surface area contributed by atoms with Crippen molar-refractivity contribution in [1.82, 2.24) is 0 Å². The standard InChI is InChI=1S/C11H11NO3/c12-4-3-7-5-11(14)15-10-6-8(13)1-2-9(7)10/h1-2,5-6,13H,3-4,12H2. The van der Waals surface area contributed by atoms with Crippen LogP contribution in [0.5, 0.6) is 5.75 Å². The zero-order chi connectivity index (χ0) is 10.8. The number of fused-ring (bicyclic) bond motifs is 1. The molecule has 15 heavy (non-hydrogen) atoms. The first kappa shape index (κ1) is 9.73. The van der Waals surface area contributed by atoms with Crippen molar-refractivity contribution < 1.29 is 9.52 Å². The van der Waals surface area contributed by atoms with Crippen LogP contribution in [0.15, 0.2) is 33.5 Å². The molecule has 0 amide bonds. The van der Waals surface area contributed by atoms with Gasteiger partial charge in [0.2, 0.25) is 0 Å². The quantitative estimate of drug-likeness (QED) is 0.717. The highest BCUT2D eigenvalue weighted by Crippen LogP contribution is 2.21. The number of phenolic OH excluding ortho intramolecular Hbond substituents is 1. The SMILES string of the molecule is NCCc1cc(=O)oc2cc(O)ccc12. The molecule has 4 heteroatoms. The van der Waals surface area contributed by atoms with Crippen molar-refractivity contribution in [3.8, 4) is 5.75 Å². The molecule has 0 saturated carbocycles. The van der Waals surface area contributed by atoms with Gasteiger partial charge in [-0.25, -0.2) is 4.79 Å². The van der Waals surface area contributed by atoms with Gasteiger partial charge in [-0.05, 0) is 30.7 Å². The molecule has 0 spiro atoms. The zero-order valence-electron chi connectivity index (χ0n) is 8.06. The molecule has 1 aromatic carbocycles. The third-order valence-corrected chi connectivity index (χ3v) is 2.23. The molecule has 0 aliphatic heterocycles. The topological polar surface area (TPSA) is 76.5 Å². The van der Waals surface area contributed by atoms with E-state index in [0.717, 1.165) is 10.9 Å². The Hall–Kier alpha value is -1.81. The average Bonchev–Trinajstić information content (AvgIpc) is 2.17. The molecule has 1 heterocycles. The fraction of sp³-hybridized carbons (Fsp3) is 0.182. The van der Waals surface area contributed by atoms with Crippen molar-refractivity contribution in [2.24, 2.45) is 5.73 Å². The Kier molecular flexibility index (Phi) is 2.43. The maximum atomic E-state index is 11.2. The lowest BCUT2D eigenvalue weighted by molar-refractivity contribution is 0.473. The third kappa shape index (κ3) is 1.85. The van der Waals surface area contributed by atoms with Crippen LogP contribution in [0.25, 0.3) is 11.0 Å². The molecular formula is C11H11NO3. The largest absolute Gasteiger partial charge is 0.508 e. The van der Waals surface area contributed by atoms with Crippen LogP contribution < -0.4 is 11.4 Å². The van der Waals surface area contributed by atoms with Gasteiger partial charge in [-0.1, -0.05) is 0 Å². The summed E-state index contributed by atoms with van der Waals surface area (Å²) in [5.74, 6) is 0.0792. The highest BCUT2D eigenvalue weighted by Gasteiger charge is 2.05. The summed E-state index contributed by atoms with van der Waals surface area (Å²) in [7, 11) is 0. The first-order valence-corrected chi connectivity index (χ1v) is 4.66. The summed E-state index contributed by atoms with van der Waals surface area (Å²) in [6.45, 7) is 0.472. The van der Waals surface area contributed by atoms with Crippen LogP contribution in [-0.4, -0.2) is 11.7 Å². The summed E-state index contributed by atoms with van der Waals surface area (Å²) < 4.78 is 4.97. The van der Waals surface area contributed by atoms with E-state index < -0.39 is 5.63 Å². The summed E-state index contributed by atoms with van der Waals surface area (Å²) in [6.07, 6.45) is 0.618. The maximum absolute atomic E-state index is 11.2. The minimum absolute atomic E-state index is 0.0792. The molecule has 0 radical (unpaired) electrons. The minimum atomic E-state index is -0.420. The Labute approximate surface area is 85.9 Å². The fourth-order valence-electron chi connectivity index (χ4n) is 1.58. The Morgan fingerprint density at radius 1 is 1.33 bits per heavy atom. The van der Waals surface area contributed by atoms with Crippen LogP contribution in [0.4, 0.5) is 0 Å². The van der Waals surface area contributed by atoms with Gasteiger partial charge >= 0.3 is 5.63 Å². The molecule has 2 aromatic rings. The van der Waals surface area contributed by atoms with Crippen molar-refractivity contribution in [3.63, 3.8) is 0 Å². The summed E-state index contributed by atoms with van der Waals surface area (Å²) in [6, 6.07) is 6.14. The van der Waals surface area contributed by atoms with E-state index in [1.807, 2.05) is 0 Å². The van der Waals surface area contributed by atoms with Crippen molar-refractivity contribution in [3.05, 3.63) is 40.2 Å². The normalized spacial score (nSPS) is 10.7. The number of aromatic hydroxyl groups is 1. The molecule has 0 atom stereocenters. The molecule has 0 saturated heterocycles. The van der Waals surface area contributed by atoms with Gasteiger partial charge in [0, 0.05) is 17.5 Å². The molecular weight excluding hydrogens is 194 g/mol. The number of nitrogens with two attached hydrogens (primary N) is 1. The van der Waals surface area contributed by atoms with E-state index in [4.69, 9.17) is 10.2 Å². The van der Waals surface area contributed by atoms with Crippen LogP contribution in [0.3, 0.4) is 0 Å². The first-order valence-electron chi connectivity index (χ1n) is 4.66. The van der Waals surface area contributed by atoms with E-state index in [1.54, 1.807) is 12.1 Å². The van der Waals surface area contributed by atoms with Crippen LogP contribution in [0.2, 0.25) is 0 Å². The van der Waals surface area contributed by atoms with Gasteiger partial charge in [0.15, 0.2) is 0 Å². The summed E-state index contributed by atoms with van der Waals surface area (Å²) in [4.78, 5) is 11.2. The van der Waals surface area contributed by atoms with Gasteiger partial charge in [0.25, 0.3) is 0 Å². The van der Waals surface area contributed by atoms with E-state index in [2.05, 4.69) is 0 Å². The Bertz CT molecular complexity index is 545. The number of hydrogen-bond acceptors (Lipinski definition) is 4. The molecule has 4 nitrogen and oxygen atoms in total. The molecule has 2 rings (SSSR count). The van der Waals surface area contributed by atoms with Crippen LogP contribution >= 0.6 is 0 Å². The second kappa shape index (κ2) is 3.74. The predicted octanol–water partition coefficient (Wildman–Crippen LogP) is 1.000. The van der Waals surface area contributed by atoms with Gasteiger partial charge in [-0.2, -0.15) is 0 Å². The smallest absolute Gasteiger partial charge is 0.336 e. The highest BCUT2D eigenvalue weighted by atomic mass is 16.4. The highest BCUT2D eigenvalue weighted by molar-refractivity contribution is 5.81. The van der Waals surface area contributed by atoms with E-state index >= 15 is 0 Å². The van der Waals surface area contributed by atoms with Crippen molar-refractivity contribution in [2.45, 2.75) is 6.42 Å². The minimum Gasteiger partial charge on any atom is -0.508 e. The molecule has 1 aromatic heterocycles. The molecule has 0 fully saturated rings. The van der Waals surface area contributed by atoms with E-state index in [0.29, 0.717) is 18.5 Å². The molecule has 0 bridgehead atoms. The van der Waals surface area contributed by atoms with Gasteiger partial charge in [-0.3, -0.25) is 0 Å². The average molecular weight is 205 g/mol. The molecule has 0 aliphatic rings. The Balaban J connectivity index is 2.74. The Morgan fingerprint density at radius 2 is 2.13 bits per heavy atom. The van der Waals surface area contributed by atoms with Gasteiger partial charge < -0.3 is 15.3 Å². The number of benzene rings is 1. The Morgan fingerprint density at radius 3 is 2.87 bits per heavy atom. The number of hydrogen-bond donors (Lipinski definition) is 2. The number of phenols is 1. The van der Waals surface area contributed by atoms with Crippen molar-refractivity contribution in [1.29, 1.82) is 0 Å². The van der Waals surface area contributed by atoms with Gasteiger partial charge in [0.1, 0.15) is 11.3 Å². The third-order valence-electron chi connectivity index (χ3n) is 2.23. The maximum Gasteiger partial charge on any atom is 0.336 e. The lowest BCUT2D eigenvalue weighted by Gasteiger charge is -2.03. The predicted molar refractivity (Wildman–Crippen MR) is 56.9 cm³/mol. The van der Waals surface area contributed by atoms with E-state index in [1.165, 1.54) is 12.1 Å². The second-order valence-electron chi connectivity index (χ2n) is 3.31. The monoisotopic (exact) mass is 205 g/mol. The van der Waals surface area contributed by atoms with Gasteiger partial charge in [-0.15, -0.1) is 0 Å². The van der Waals surface area contributed by atoms with Crippen molar-refractivity contribution in [2.75, 3.05) is 6.54 Å². The molecule has 0 unspecified atom stereocenters. The van der Waals surface area contributed by atoms with E-state index in [9.17, 15) is 9.90 Å². The molecule has 78 valence electrons. The summed E-state index contributed by atoms with van der Waals surface area (Å²) in [5, 5.41) is 10.1. The number of rotatable bonds is 2. The summed E-state index contributed by atoms with van der Waals surface area (Å²) >= 11 is 0. The lowest BCUT2D eigenvalue weighted by atomic mass is 10.1.